The van der Waals surface area contributed by atoms with E-state index in [1.54, 1.807) is 11.8 Å². The quantitative estimate of drug-likeness (QED) is 0.362. The number of thioether (sulfide) groups is 1. The number of aryl methyl sites for hydroxylation is 2. The average molecular weight is 436 g/mol. The molecule has 0 aliphatic heterocycles. The topological polar surface area (TPSA) is 83.5 Å². The van der Waals surface area contributed by atoms with Crippen LogP contribution in [0.5, 0.6) is 5.75 Å². The van der Waals surface area contributed by atoms with Gasteiger partial charge in [-0.05, 0) is 61.0 Å². The third-order valence-corrected chi connectivity index (χ3v) is 5.61. The van der Waals surface area contributed by atoms with Gasteiger partial charge >= 0.3 is 0 Å². The van der Waals surface area contributed by atoms with Gasteiger partial charge in [0.1, 0.15) is 5.75 Å². The van der Waals surface area contributed by atoms with Gasteiger partial charge in [0.05, 0.1) is 12.4 Å². The Kier molecular flexibility index (Phi) is 6.61. The highest BCUT2D eigenvalue weighted by molar-refractivity contribution is 7.98. The Labute approximate surface area is 185 Å². The van der Waals surface area contributed by atoms with E-state index in [0.717, 1.165) is 46.8 Å². The highest BCUT2D eigenvalue weighted by atomic mass is 32.2. The van der Waals surface area contributed by atoms with Gasteiger partial charge in [-0.2, -0.15) is 0 Å². The molecule has 8 nitrogen and oxygen atoms in total. The number of rotatable bonds is 9. The van der Waals surface area contributed by atoms with Crippen LogP contribution in [0.2, 0.25) is 0 Å². The fraction of sp³-hybridized carbons (Fsp3) is 0.318. The Balaban J connectivity index is 1.70. The van der Waals surface area contributed by atoms with Crippen molar-refractivity contribution in [3.63, 3.8) is 0 Å². The fourth-order valence-electron chi connectivity index (χ4n) is 3.27. The summed E-state index contributed by atoms with van der Waals surface area (Å²) in [5, 5.41) is 21.9. The van der Waals surface area contributed by atoms with Crippen molar-refractivity contribution in [3.05, 3.63) is 59.9 Å². The molecule has 0 aliphatic rings. The van der Waals surface area contributed by atoms with E-state index in [-0.39, 0.29) is 0 Å². The maximum absolute atomic E-state index is 5.60. The summed E-state index contributed by atoms with van der Waals surface area (Å²) in [6.07, 6.45) is 0.975. The first kappa shape index (κ1) is 21.0. The lowest BCUT2D eigenvalue weighted by molar-refractivity contribution is 0.340. The normalized spacial score (nSPS) is 11.1. The van der Waals surface area contributed by atoms with Gasteiger partial charge in [-0.25, -0.2) is 4.68 Å². The number of nitrogens with zero attached hydrogens (tertiary/aromatic N) is 7. The van der Waals surface area contributed by atoms with Gasteiger partial charge < -0.3 is 4.74 Å². The van der Waals surface area contributed by atoms with Crippen molar-refractivity contribution in [1.29, 1.82) is 0 Å². The molecule has 0 saturated carbocycles. The van der Waals surface area contributed by atoms with Crippen LogP contribution in [-0.4, -0.2) is 41.6 Å². The van der Waals surface area contributed by atoms with Crippen LogP contribution in [-0.2, 0) is 12.3 Å². The zero-order valence-electron chi connectivity index (χ0n) is 17.9. The molecule has 0 saturated heterocycles. The first-order valence-corrected chi connectivity index (χ1v) is 11.3. The van der Waals surface area contributed by atoms with Crippen molar-refractivity contribution in [2.45, 2.75) is 44.6 Å². The van der Waals surface area contributed by atoms with Gasteiger partial charge in [-0.15, -0.1) is 15.3 Å². The van der Waals surface area contributed by atoms with Crippen molar-refractivity contribution < 1.29 is 4.74 Å². The number of hydrogen-bond donors (Lipinski definition) is 0. The molecule has 0 unspecified atom stereocenters. The van der Waals surface area contributed by atoms with E-state index < -0.39 is 0 Å². The minimum Gasteiger partial charge on any atom is -0.494 e. The maximum atomic E-state index is 5.60. The van der Waals surface area contributed by atoms with E-state index in [1.165, 1.54) is 5.56 Å². The van der Waals surface area contributed by atoms with Crippen LogP contribution >= 0.6 is 11.8 Å². The third kappa shape index (κ3) is 4.77. The van der Waals surface area contributed by atoms with Crippen molar-refractivity contribution in [1.82, 2.24) is 35.0 Å². The Morgan fingerprint density at radius 3 is 2.58 bits per heavy atom. The van der Waals surface area contributed by atoms with Crippen molar-refractivity contribution in [2.75, 3.05) is 6.61 Å². The molecular weight excluding hydrogens is 410 g/mol. The molecule has 0 aliphatic carbocycles. The van der Waals surface area contributed by atoms with E-state index in [2.05, 4.69) is 62.3 Å². The maximum Gasteiger partial charge on any atom is 0.196 e. The van der Waals surface area contributed by atoms with E-state index in [4.69, 9.17) is 4.74 Å². The highest BCUT2D eigenvalue weighted by Crippen LogP contribution is 2.30. The molecule has 0 radical (unpaired) electrons. The summed E-state index contributed by atoms with van der Waals surface area (Å²) in [4.78, 5) is 0. The zero-order valence-corrected chi connectivity index (χ0v) is 18.7. The molecule has 0 spiro atoms. The predicted octanol–water partition coefficient (Wildman–Crippen LogP) is 4.33. The molecule has 0 bridgehead atoms. The van der Waals surface area contributed by atoms with Gasteiger partial charge in [0.2, 0.25) is 0 Å². The first-order valence-electron chi connectivity index (χ1n) is 10.3. The molecule has 4 aromatic rings. The fourth-order valence-corrected chi connectivity index (χ4v) is 4.15. The number of ether oxygens (including phenoxy) is 1. The minimum atomic E-state index is 0.607. The van der Waals surface area contributed by atoms with Crippen molar-refractivity contribution >= 4 is 11.8 Å². The summed E-state index contributed by atoms with van der Waals surface area (Å²) in [5.74, 6) is 3.06. The van der Waals surface area contributed by atoms with E-state index >= 15 is 0 Å². The molecular formula is C22H25N7OS. The minimum absolute atomic E-state index is 0.607. The SMILES string of the molecule is CCCn1nnnc1CSc1nnc(-c2cccc(C)c2)n1-c1ccc(OCC)cc1. The summed E-state index contributed by atoms with van der Waals surface area (Å²) < 4.78 is 9.51. The molecule has 31 heavy (non-hydrogen) atoms. The standard InChI is InChI=1S/C22H25N7OS/c1-4-13-28-20(23-26-27-28)15-31-22-25-24-21(17-8-6-7-16(3)14-17)29(22)18-9-11-19(12-10-18)30-5-2/h6-12,14H,4-5,13,15H2,1-3H3. The monoisotopic (exact) mass is 435 g/mol. The summed E-state index contributed by atoms with van der Waals surface area (Å²) in [7, 11) is 0. The first-order chi connectivity index (χ1) is 15.2. The van der Waals surface area contributed by atoms with Gasteiger partial charge in [0.15, 0.2) is 16.8 Å². The molecule has 0 N–H and O–H groups in total. The van der Waals surface area contributed by atoms with Crippen LogP contribution in [0, 0.1) is 6.92 Å². The second-order valence-corrected chi connectivity index (χ2v) is 7.99. The molecule has 2 heterocycles. The molecule has 2 aromatic heterocycles. The molecule has 160 valence electrons. The summed E-state index contributed by atoms with van der Waals surface area (Å²) in [6.45, 7) is 7.58. The van der Waals surface area contributed by atoms with Crippen LogP contribution in [0.1, 0.15) is 31.7 Å². The number of aromatic nitrogens is 7. The van der Waals surface area contributed by atoms with Crippen LogP contribution in [0.25, 0.3) is 17.1 Å². The average Bonchev–Trinajstić information content (AvgIpc) is 3.40. The molecule has 0 fully saturated rings. The van der Waals surface area contributed by atoms with Crippen LogP contribution in [0.15, 0.2) is 53.7 Å². The number of tetrazole rings is 1. The predicted molar refractivity (Wildman–Crippen MR) is 120 cm³/mol. The number of benzene rings is 2. The highest BCUT2D eigenvalue weighted by Gasteiger charge is 2.18. The van der Waals surface area contributed by atoms with Crippen molar-refractivity contribution in [2.24, 2.45) is 0 Å². The zero-order chi connectivity index (χ0) is 21.6. The van der Waals surface area contributed by atoms with E-state index in [9.17, 15) is 0 Å². The summed E-state index contributed by atoms with van der Waals surface area (Å²) in [6, 6.07) is 16.3. The lowest BCUT2D eigenvalue weighted by Gasteiger charge is -2.12. The third-order valence-electron chi connectivity index (χ3n) is 4.69. The Bertz CT molecular complexity index is 1140. The van der Waals surface area contributed by atoms with Gasteiger partial charge in [-0.3, -0.25) is 4.57 Å². The second kappa shape index (κ2) is 9.74. The molecule has 4 rings (SSSR count). The molecule has 9 heteroatoms. The largest absolute Gasteiger partial charge is 0.494 e. The van der Waals surface area contributed by atoms with Crippen LogP contribution in [0.4, 0.5) is 0 Å². The molecule has 2 aromatic carbocycles. The Morgan fingerprint density at radius 2 is 1.84 bits per heavy atom. The second-order valence-electron chi connectivity index (χ2n) is 7.04. The van der Waals surface area contributed by atoms with Crippen molar-refractivity contribution in [3.8, 4) is 22.8 Å². The van der Waals surface area contributed by atoms with E-state index in [0.29, 0.717) is 12.4 Å². The Morgan fingerprint density at radius 1 is 1.00 bits per heavy atom. The van der Waals surface area contributed by atoms with Gasteiger partial charge in [-0.1, -0.05) is 42.4 Å². The van der Waals surface area contributed by atoms with E-state index in [1.807, 2.05) is 41.9 Å². The lowest BCUT2D eigenvalue weighted by atomic mass is 10.1. The molecule has 0 amide bonds. The van der Waals surface area contributed by atoms with Crippen LogP contribution in [0.3, 0.4) is 0 Å². The van der Waals surface area contributed by atoms with Gasteiger partial charge in [0, 0.05) is 17.8 Å². The summed E-state index contributed by atoms with van der Waals surface area (Å²) >= 11 is 1.57. The summed E-state index contributed by atoms with van der Waals surface area (Å²) in [5.41, 5.74) is 3.16. The van der Waals surface area contributed by atoms with Crippen LogP contribution < -0.4 is 4.74 Å². The Hall–Kier alpha value is -3.20. The van der Waals surface area contributed by atoms with Gasteiger partial charge in [0.25, 0.3) is 0 Å². The number of hydrogen-bond acceptors (Lipinski definition) is 7. The lowest BCUT2D eigenvalue weighted by Crippen LogP contribution is -2.05. The smallest absolute Gasteiger partial charge is 0.196 e. The molecule has 0 atom stereocenters.